The number of carbonyl (C=O) groups excluding carboxylic acids is 1. The summed E-state index contributed by atoms with van der Waals surface area (Å²) in [6.45, 7) is 8.99. The lowest BCUT2D eigenvalue weighted by Crippen LogP contribution is -2.08. The molecule has 0 saturated heterocycles. The largest absolute Gasteiger partial charge is 0.355 e. The standard InChI is InChI=1S/C26H27NO/c1-16(2)20-9-11-24-22(13-20)23-14-21(10-12-25(23)27-24)26(17(3)4)19-7-5-18(15-28)6-8-19/h5-17,26-27H,1-4H3. The Morgan fingerprint density at radius 1 is 0.714 bits per heavy atom. The number of H-pyrrole nitrogens is 1. The minimum Gasteiger partial charge on any atom is -0.355 e. The summed E-state index contributed by atoms with van der Waals surface area (Å²) in [5.41, 5.74) is 7.02. The number of hydrogen-bond acceptors (Lipinski definition) is 1. The zero-order chi connectivity index (χ0) is 19.8. The summed E-state index contributed by atoms with van der Waals surface area (Å²) in [7, 11) is 0. The molecule has 0 saturated carbocycles. The van der Waals surface area contributed by atoms with Crippen LogP contribution in [0.5, 0.6) is 0 Å². The monoisotopic (exact) mass is 369 g/mol. The fraction of sp³-hybridized carbons (Fsp3) is 0.269. The van der Waals surface area contributed by atoms with Gasteiger partial charge < -0.3 is 4.98 Å². The van der Waals surface area contributed by atoms with Crippen LogP contribution in [-0.2, 0) is 0 Å². The minimum absolute atomic E-state index is 0.295. The van der Waals surface area contributed by atoms with E-state index in [4.69, 9.17) is 0 Å². The molecular weight excluding hydrogens is 342 g/mol. The summed E-state index contributed by atoms with van der Waals surface area (Å²) in [6, 6.07) is 21.5. The Bertz CT molecular complexity index is 1130. The van der Waals surface area contributed by atoms with Gasteiger partial charge in [-0.3, -0.25) is 4.79 Å². The minimum atomic E-state index is 0.295. The smallest absolute Gasteiger partial charge is 0.150 e. The molecule has 2 heteroatoms. The van der Waals surface area contributed by atoms with Gasteiger partial charge in [0.1, 0.15) is 6.29 Å². The topological polar surface area (TPSA) is 32.9 Å². The number of aromatic nitrogens is 1. The lowest BCUT2D eigenvalue weighted by molar-refractivity contribution is 0.112. The Balaban J connectivity index is 1.86. The summed E-state index contributed by atoms with van der Waals surface area (Å²) < 4.78 is 0. The number of benzene rings is 3. The van der Waals surface area contributed by atoms with Crippen LogP contribution in [0.1, 0.15) is 66.6 Å². The molecule has 0 spiro atoms. The summed E-state index contributed by atoms with van der Waals surface area (Å²) in [5, 5.41) is 2.58. The van der Waals surface area contributed by atoms with Crippen LogP contribution in [0, 0.1) is 5.92 Å². The fourth-order valence-corrected chi connectivity index (χ4v) is 4.23. The van der Waals surface area contributed by atoms with Crippen LogP contribution in [0.3, 0.4) is 0 Å². The molecular formula is C26H27NO. The quantitative estimate of drug-likeness (QED) is 0.376. The van der Waals surface area contributed by atoms with E-state index in [1.54, 1.807) is 0 Å². The number of aromatic amines is 1. The van der Waals surface area contributed by atoms with Crippen molar-refractivity contribution in [1.82, 2.24) is 4.98 Å². The molecule has 0 aliphatic heterocycles. The van der Waals surface area contributed by atoms with Gasteiger partial charge in [-0.1, -0.05) is 64.1 Å². The van der Waals surface area contributed by atoms with Crippen molar-refractivity contribution in [3.63, 3.8) is 0 Å². The Morgan fingerprint density at radius 2 is 1.25 bits per heavy atom. The van der Waals surface area contributed by atoms with Crippen molar-refractivity contribution < 1.29 is 4.79 Å². The number of nitrogens with one attached hydrogen (secondary N) is 1. The number of carbonyl (C=O) groups is 1. The maximum Gasteiger partial charge on any atom is 0.150 e. The van der Waals surface area contributed by atoms with Crippen LogP contribution in [0.4, 0.5) is 0 Å². The molecule has 0 amide bonds. The second-order valence-corrected chi connectivity index (χ2v) is 8.40. The zero-order valence-corrected chi connectivity index (χ0v) is 17.0. The molecule has 1 atom stereocenters. The molecule has 0 radical (unpaired) electrons. The molecule has 0 fully saturated rings. The van der Waals surface area contributed by atoms with Gasteiger partial charge in [-0.25, -0.2) is 0 Å². The highest BCUT2D eigenvalue weighted by Crippen LogP contribution is 2.36. The summed E-state index contributed by atoms with van der Waals surface area (Å²) in [5.74, 6) is 1.26. The van der Waals surface area contributed by atoms with E-state index in [9.17, 15) is 4.79 Å². The molecule has 3 aromatic carbocycles. The third-order valence-corrected chi connectivity index (χ3v) is 5.77. The van der Waals surface area contributed by atoms with Crippen molar-refractivity contribution in [3.8, 4) is 0 Å². The van der Waals surface area contributed by atoms with Crippen molar-refractivity contribution in [3.05, 3.63) is 82.9 Å². The summed E-state index contributed by atoms with van der Waals surface area (Å²) in [4.78, 5) is 14.6. The van der Waals surface area contributed by atoms with Crippen LogP contribution in [0.2, 0.25) is 0 Å². The first-order chi connectivity index (χ1) is 13.5. The Labute approximate surface area is 166 Å². The van der Waals surface area contributed by atoms with Gasteiger partial charge in [0.15, 0.2) is 0 Å². The number of rotatable bonds is 5. The first-order valence-corrected chi connectivity index (χ1v) is 10.1. The molecule has 1 aromatic heterocycles. The molecule has 28 heavy (non-hydrogen) atoms. The molecule has 2 nitrogen and oxygen atoms in total. The second-order valence-electron chi connectivity index (χ2n) is 8.40. The number of aldehydes is 1. The van der Waals surface area contributed by atoms with E-state index >= 15 is 0 Å². The summed E-state index contributed by atoms with van der Waals surface area (Å²) in [6.07, 6.45) is 0.901. The maximum atomic E-state index is 11.0. The molecule has 4 rings (SSSR count). The maximum absolute atomic E-state index is 11.0. The third kappa shape index (κ3) is 3.24. The van der Waals surface area contributed by atoms with Gasteiger partial charge in [0, 0.05) is 33.3 Å². The fourth-order valence-electron chi connectivity index (χ4n) is 4.23. The third-order valence-electron chi connectivity index (χ3n) is 5.77. The highest BCUT2D eigenvalue weighted by molar-refractivity contribution is 6.07. The molecule has 142 valence electrons. The van der Waals surface area contributed by atoms with E-state index in [0.717, 1.165) is 11.8 Å². The highest BCUT2D eigenvalue weighted by atomic mass is 16.1. The molecule has 1 heterocycles. The number of hydrogen-bond donors (Lipinski definition) is 1. The Hall–Kier alpha value is -2.87. The lowest BCUT2D eigenvalue weighted by Gasteiger charge is -2.22. The van der Waals surface area contributed by atoms with E-state index in [1.165, 1.54) is 38.5 Å². The van der Waals surface area contributed by atoms with Crippen LogP contribution < -0.4 is 0 Å². The van der Waals surface area contributed by atoms with Crippen molar-refractivity contribution >= 4 is 28.1 Å². The predicted octanol–water partition coefficient (Wildman–Crippen LogP) is 7.04. The van der Waals surface area contributed by atoms with Gasteiger partial charge in [0.05, 0.1) is 0 Å². The van der Waals surface area contributed by atoms with Crippen LogP contribution in [0.25, 0.3) is 21.8 Å². The van der Waals surface area contributed by atoms with E-state index in [2.05, 4.69) is 81.2 Å². The van der Waals surface area contributed by atoms with E-state index in [1.807, 2.05) is 12.1 Å². The molecule has 4 aromatic rings. The number of fused-ring (bicyclic) bond motifs is 3. The highest BCUT2D eigenvalue weighted by Gasteiger charge is 2.19. The van der Waals surface area contributed by atoms with E-state index < -0.39 is 0 Å². The van der Waals surface area contributed by atoms with Crippen molar-refractivity contribution in [2.24, 2.45) is 5.92 Å². The summed E-state index contributed by atoms with van der Waals surface area (Å²) >= 11 is 0. The van der Waals surface area contributed by atoms with Gasteiger partial charge in [-0.2, -0.15) is 0 Å². The Kier molecular flexibility index (Phi) is 4.80. The molecule has 0 bridgehead atoms. The van der Waals surface area contributed by atoms with E-state index in [0.29, 0.717) is 17.8 Å². The zero-order valence-electron chi connectivity index (χ0n) is 17.0. The molecule has 0 aliphatic carbocycles. The predicted molar refractivity (Wildman–Crippen MR) is 118 cm³/mol. The average Bonchev–Trinajstić information content (AvgIpc) is 3.05. The molecule has 0 aliphatic rings. The van der Waals surface area contributed by atoms with Crippen LogP contribution >= 0.6 is 0 Å². The first-order valence-electron chi connectivity index (χ1n) is 10.1. The second kappa shape index (κ2) is 7.27. The van der Waals surface area contributed by atoms with Gasteiger partial charge in [-0.15, -0.1) is 0 Å². The van der Waals surface area contributed by atoms with Gasteiger partial charge in [0.2, 0.25) is 0 Å². The Morgan fingerprint density at radius 3 is 1.79 bits per heavy atom. The average molecular weight is 370 g/mol. The normalized spacial score (nSPS) is 12.9. The first kappa shape index (κ1) is 18.5. The SMILES string of the molecule is CC(C)c1ccc2[nH]c3ccc(C(c4ccc(C=O)cc4)C(C)C)cc3c2c1. The molecule has 1 N–H and O–H groups in total. The van der Waals surface area contributed by atoms with Crippen LogP contribution in [0.15, 0.2) is 60.7 Å². The van der Waals surface area contributed by atoms with Gasteiger partial charge in [0.25, 0.3) is 0 Å². The van der Waals surface area contributed by atoms with E-state index in [-0.39, 0.29) is 0 Å². The lowest BCUT2D eigenvalue weighted by atomic mass is 9.82. The molecule has 1 unspecified atom stereocenters. The van der Waals surface area contributed by atoms with Crippen LogP contribution in [-0.4, -0.2) is 11.3 Å². The van der Waals surface area contributed by atoms with Crippen molar-refractivity contribution in [2.75, 3.05) is 0 Å². The van der Waals surface area contributed by atoms with Crippen molar-refractivity contribution in [1.29, 1.82) is 0 Å². The van der Waals surface area contributed by atoms with Gasteiger partial charge in [-0.05, 0) is 52.8 Å². The van der Waals surface area contributed by atoms with Crippen molar-refractivity contribution in [2.45, 2.75) is 39.5 Å². The van der Waals surface area contributed by atoms with Gasteiger partial charge >= 0.3 is 0 Å².